The van der Waals surface area contributed by atoms with E-state index in [1.807, 2.05) is 0 Å². The lowest BCUT2D eigenvalue weighted by molar-refractivity contribution is -0.111. The largest absolute Gasteiger partial charge is 0.497 e. The Morgan fingerprint density at radius 1 is 1.24 bits per heavy atom. The van der Waals surface area contributed by atoms with E-state index in [1.54, 1.807) is 38.5 Å². The van der Waals surface area contributed by atoms with E-state index in [1.165, 1.54) is 30.3 Å². The number of unbranched alkanes of at least 4 members (excludes halogenated alkanes) is 2. The maximum atomic E-state index is 12.1. The fourth-order valence-electron chi connectivity index (χ4n) is 2.21. The number of hydrogen-bond acceptors (Lipinski definition) is 6. The molecular formula is C18H23N3O3S. The summed E-state index contributed by atoms with van der Waals surface area (Å²) < 4.78 is 10.5. The number of aryl methyl sites for hydroxylation is 1. The van der Waals surface area contributed by atoms with Gasteiger partial charge in [-0.2, -0.15) is 0 Å². The zero-order valence-electron chi connectivity index (χ0n) is 14.7. The summed E-state index contributed by atoms with van der Waals surface area (Å²) in [7, 11) is 3.18. The zero-order chi connectivity index (χ0) is 18.1. The molecule has 6 nitrogen and oxygen atoms in total. The first kappa shape index (κ1) is 18.9. The average molecular weight is 361 g/mol. The third-order valence-corrected chi connectivity index (χ3v) is 4.44. The molecule has 1 N–H and O–H groups in total. The third-order valence-electron chi connectivity index (χ3n) is 3.54. The summed E-state index contributed by atoms with van der Waals surface area (Å²) in [6.45, 7) is 2.16. The number of ether oxygens (including phenoxy) is 2. The minimum absolute atomic E-state index is 0.263. The fourth-order valence-corrected chi connectivity index (χ4v) is 3.00. The molecule has 0 spiro atoms. The van der Waals surface area contributed by atoms with Gasteiger partial charge in [0.1, 0.15) is 16.5 Å². The van der Waals surface area contributed by atoms with Crippen LogP contribution in [0.5, 0.6) is 11.5 Å². The first-order valence-corrected chi connectivity index (χ1v) is 9.01. The van der Waals surface area contributed by atoms with Gasteiger partial charge in [0, 0.05) is 18.1 Å². The number of carbonyl (C=O) groups is 1. The van der Waals surface area contributed by atoms with Gasteiger partial charge in [-0.05, 0) is 30.7 Å². The molecule has 0 aliphatic heterocycles. The Morgan fingerprint density at radius 2 is 2.08 bits per heavy atom. The van der Waals surface area contributed by atoms with Crippen molar-refractivity contribution in [3.8, 4) is 11.5 Å². The summed E-state index contributed by atoms with van der Waals surface area (Å²) in [6, 6.07) is 5.40. The summed E-state index contributed by atoms with van der Waals surface area (Å²) in [5, 5.41) is 12.3. The van der Waals surface area contributed by atoms with Gasteiger partial charge in [0.05, 0.1) is 14.2 Å². The number of rotatable bonds is 9. The Bertz CT molecular complexity index is 728. The van der Waals surface area contributed by atoms with Crippen LogP contribution in [0.2, 0.25) is 0 Å². The topological polar surface area (TPSA) is 73.3 Å². The van der Waals surface area contributed by atoms with Crippen molar-refractivity contribution in [1.29, 1.82) is 0 Å². The molecule has 0 atom stereocenters. The maximum absolute atomic E-state index is 12.1. The third kappa shape index (κ3) is 5.86. The average Bonchev–Trinajstić information content (AvgIpc) is 3.07. The Kier molecular flexibility index (Phi) is 7.40. The molecule has 0 bridgehead atoms. The normalized spacial score (nSPS) is 10.8. The molecule has 0 radical (unpaired) electrons. The molecule has 0 unspecified atom stereocenters. The fraction of sp³-hybridized carbons (Fsp3) is 0.389. The van der Waals surface area contributed by atoms with Gasteiger partial charge in [-0.25, -0.2) is 0 Å². The van der Waals surface area contributed by atoms with E-state index >= 15 is 0 Å². The molecule has 7 heteroatoms. The Hall–Kier alpha value is -2.41. The summed E-state index contributed by atoms with van der Waals surface area (Å²) in [5.41, 5.74) is 0.759. The van der Waals surface area contributed by atoms with Gasteiger partial charge in [0.15, 0.2) is 0 Å². The summed E-state index contributed by atoms with van der Waals surface area (Å²) in [4.78, 5) is 12.1. The predicted molar refractivity (Wildman–Crippen MR) is 100 cm³/mol. The quantitative estimate of drug-likeness (QED) is 0.541. The van der Waals surface area contributed by atoms with Crippen molar-refractivity contribution >= 4 is 28.5 Å². The van der Waals surface area contributed by atoms with Gasteiger partial charge in [0.25, 0.3) is 0 Å². The van der Waals surface area contributed by atoms with Crippen LogP contribution < -0.4 is 14.8 Å². The molecule has 2 rings (SSSR count). The number of aromatic nitrogens is 2. The number of methoxy groups -OCH3 is 2. The summed E-state index contributed by atoms with van der Waals surface area (Å²) in [6.07, 6.45) is 7.45. The van der Waals surface area contributed by atoms with E-state index in [0.29, 0.717) is 16.6 Å². The van der Waals surface area contributed by atoms with Crippen molar-refractivity contribution in [2.75, 3.05) is 19.5 Å². The zero-order valence-corrected chi connectivity index (χ0v) is 15.6. The SMILES string of the molecule is CCCCCc1nnc(NC(=O)/C=C/c2cc(OC)ccc2OC)s1. The van der Waals surface area contributed by atoms with E-state index in [4.69, 9.17) is 9.47 Å². The molecule has 0 aliphatic rings. The highest BCUT2D eigenvalue weighted by molar-refractivity contribution is 7.15. The Labute approximate surface area is 151 Å². The lowest BCUT2D eigenvalue weighted by atomic mass is 10.1. The lowest BCUT2D eigenvalue weighted by Crippen LogP contribution is -2.07. The molecule has 0 saturated heterocycles. The number of amides is 1. The molecule has 1 heterocycles. The minimum Gasteiger partial charge on any atom is -0.497 e. The molecule has 1 amide bonds. The van der Waals surface area contributed by atoms with Crippen LogP contribution >= 0.6 is 11.3 Å². The smallest absolute Gasteiger partial charge is 0.250 e. The van der Waals surface area contributed by atoms with Gasteiger partial charge in [-0.1, -0.05) is 31.1 Å². The molecule has 2 aromatic rings. The number of benzene rings is 1. The minimum atomic E-state index is -0.263. The van der Waals surface area contributed by atoms with Crippen molar-refractivity contribution < 1.29 is 14.3 Å². The van der Waals surface area contributed by atoms with Crippen LogP contribution in [-0.2, 0) is 11.2 Å². The molecule has 1 aromatic heterocycles. The Morgan fingerprint density at radius 3 is 2.80 bits per heavy atom. The summed E-state index contributed by atoms with van der Waals surface area (Å²) in [5.74, 6) is 1.10. The summed E-state index contributed by atoms with van der Waals surface area (Å²) >= 11 is 1.41. The van der Waals surface area contributed by atoms with E-state index in [0.717, 1.165) is 23.4 Å². The van der Waals surface area contributed by atoms with Crippen LogP contribution in [0.25, 0.3) is 6.08 Å². The monoisotopic (exact) mass is 361 g/mol. The van der Waals surface area contributed by atoms with E-state index in [2.05, 4.69) is 22.4 Å². The standard InChI is InChI=1S/C18H23N3O3S/c1-4-5-6-7-17-20-21-18(25-17)19-16(22)11-8-13-12-14(23-2)9-10-15(13)24-3/h8-12H,4-7H2,1-3H3,(H,19,21,22)/b11-8+. The second kappa shape index (κ2) is 9.78. The van der Waals surface area contributed by atoms with Crippen LogP contribution in [0.3, 0.4) is 0 Å². The van der Waals surface area contributed by atoms with Crippen molar-refractivity contribution in [3.63, 3.8) is 0 Å². The van der Waals surface area contributed by atoms with Crippen LogP contribution in [0.4, 0.5) is 5.13 Å². The predicted octanol–water partition coefficient (Wildman–Crippen LogP) is 3.94. The molecule has 134 valence electrons. The lowest BCUT2D eigenvalue weighted by Gasteiger charge is -2.07. The molecule has 0 aliphatic carbocycles. The van der Waals surface area contributed by atoms with Crippen LogP contribution in [0.1, 0.15) is 36.8 Å². The van der Waals surface area contributed by atoms with Crippen LogP contribution in [0.15, 0.2) is 24.3 Å². The number of anilines is 1. The highest BCUT2D eigenvalue weighted by atomic mass is 32.1. The highest BCUT2D eigenvalue weighted by Crippen LogP contribution is 2.25. The van der Waals surface area contributed by atoms with Crippen LogP contribution in [-0.4, -0.2) is 30.3 Å². The van der Waals surface area contributed by atoms with E-state index < -0.39 is 0 Å². The van der Waals surface area contributed by atoms with Gasteiger partial charge < -0.3 is 9.47 Å². The van der Waals surface area contributed by atoms with Gasteiger partial charge in [-0.15, -0.1) is 10.2 Å². The Balaban J connectivity index is 1.97. The molecule has 0 fully saturated rings. The number of hydrogen-bond donors (Lipinski definition) is 1. The second-order valence-corrected chi connectivity index (χ2v) is 6.45. The van der Waals surface area contributed by atoms with Gasteiger partial charge in [-0.3, -0.25) is 10.1 Å². The van der Waals surface area contributed by atoms with Crippen molar-refractivity contribution in [3.05, 3.63) is 34.8 Å². The highest BCUT2D eigenvalue weighted by Gasteiger charge is 2.07. The van der Waals surface area contributed by atoms with E-state index in [-0.39, 0.29) is 5.91 Å². The van der Waals surface area contributed by atoms with Gasteiger partial charge >= 0.3 is 0 Å². The molecule has 1 aromatic carbocycles. The van der Waals surface area contributed by atoms with Crippen LogP contribution in [0, 0.1) is 0 Å². The van der Waals surface area contributed by atoms with Gasteiger partial charge in [0.2, 0.25) is 11.0 Å². The molecule has 0 saturated carbocycles. The van der Waals surface area contributed by atoms with Crippen molar-refractivity contribution in [2.45, 2.75) is 32.6 Å². The van der Waals surface area contributed by atoms with Crippen molar-refractivity contribution in [1.82, 2.24) is 10.2 Å². The number of nitrogens with zero attached hydrogens (tertiary/aromatic N) is 2. The second-order valence-electron chi connectivity index (χ2n) is 5.39. The molecule has 25 heavy (non-hydrogen) atoms. The maximum Gasteiger partial charge on any atom is 0.250 e. The number of nitrogens with one attached hydrogen (secondary N) is 1. The van der Waals surface area contributed by atoms with Crippen molar-refractivity contribution in [2.24, 2.45) is 0 Å². The molecular weight excluding hydrogens is 338 g/mol. The first-order chi connectivity index (χ1) is 12.2. The van der Waals surface area contributed by atoms with E-state index in [9.17, 15) is 4.79 Å². The first-order valence-electron chi connectivity index (χ1n) is 8.19. The number of carbonyl (C=O) groups excluding carboxylic acids is 1.